The zero-order valence-corrected chi connectivity index (χ0v) is 13.1. The van der Waals surface area contributed by atoms with Gasteiger partial charge in [0, 0.05) is 36.0 Å². The van der Waals surface area contributed by atoms with Gasteiger partial charge in [-0.2, -0.15) is 0 Å². The zero-order chi connectivity index (χ0) is 15.2. The Hall–Kier alpha value is -1.74. The molecule has 2 rings (SSSR count). The average molecular weight is 307 g/mol. The van der Waals surface area contributed by atoms with E-state index in [9.17, 15) is 4.39 Å². The molecule has 2 nitrogen and oxygen atoms in total. The first-order chi connectivity index (χ1) is 10.1. The fourth-order valence-electron chi connectivity index (χ4n) is 2.24. The molecule has 0 unspecified atom stereocenters. The van der Waals surface area contributed by atoms with Crippen molar-refractivity contribution in [3.05, 3.63) is 58.9 Å². The van der Waals surface area contributed by atoms with Crippen LogP contribution in [-0.2, 0) is 6.54 Å². The number of hydrogen-bond acceptors (Lipinski definition) is 2. The number of benzene rings is 2. The van der Waals surface area contributed by atoms with E-state index >= 15 is 0 Å². The molecule has 112 valence electrons. The third-order valence-corrected chi connectivity index (χ3v) is 3.85. The average Bonchev–Trinajstić information content (AvgIpc) is 2.49. The van der Waals surface area contributed by atoms with Gasteiger partial charge in [-0.3, -0.25) is 0 Å². The number of nitrogens with zero attached hydrogens (tertiary/aromatic N) is 1. The second-order valence-corrected chi connectivity index (χ2v) is 5.22. The molecule has 0 aliphatic rings. The standard InChI is InChI=1S/C17H20ClFN2/c1-3-21(4-2)16-9-7-15(8-10-16)20-12-13-5-6-14(19)11-17(13)18/h5-11,20H,3-4,12H2,1-2H3. The van der Waals surface area contributed by atoms with Gasteiger partial charge in [0.05, 0.1) is 0 Å². The Morgan fingerprint density at radius 3 is 2.29 bits per heavy atom. The highest BCUT2D eigenvalue weighted by Crippen LogP contribution is 2.21. The molecular weight excluding hydrogens is 287 g/mol. The van der Waals surface area contributed by atoms with Crippen LogP contribution in [0.5, 0.6) is 0 Å². The molecule has 2 aromatic carbocycles. The maximum absolute atomic E-state index is 13.0. The Labute approximate surface area is 130 Å². The van der Waals surface area contributed by atoms with E-state index in [1.165, 1.54) is 17.8 Å². The van der Waals surface area contributed by atoms with Gasteiger partial charge in [0.15, 0.2) is 0 Å². The third-order valence-electron chi connectivity index (χ3n) is 3.49. The Morgan fingerprint density at radius 2 is 1.71 bits per heavy atom. The Balaban J connectivity index is 2.00. The van der Waals surface area contributed by atoms with Crippen molar-refractivity contribution in [1.29, 1.82) is 0 Å². The van der Waals surface area contributed by atoms with Crippen LogP contribution in [0.3, 0.4) is 0 Å². The van der Waals surface area contributed by atoms with Crippen molar-refractivity contribution in [2.45, 2.75) is 20.4 Å². The molecule has 0 bridgehead atoms. The van der Waals surface area contributed by atoms with Crippen LogP contribution in [0.2, 0.25) is 5.02 Å². The lowest BCUT2D eigenvalue weighted by molar-refractivity contribution is 0.627. The monoisotopic (exact) mass is 306 g/mol. The van der Waals surface area contributed by atoms with Gasteiger partial charge >= 0.3 is 0 Å². The van der Waals surface area contributed by atoms with Crippen LogP contribution in [0.4, 0.5) is 15.8 Å². The first-order valence-electron chi connectivity index (χ1n) is 7.16. The lowest BCUT2D eigenvalue weighted by Gasteiger charge is -2.21. The molecule has 0 amide bonds. The minimum atomic E-state index is -0.313. The highest BCUT2D eigenvalue weighted by atomic mass is 35.5. The molecule has 2 aromatic rings. The van der Waals surface area contributed by atoms with Crippen LogP contribution in [-0.4, -0.2) is 13.1 Å². The quantitative estimate of drug-likeness (QED) is 0.813. The molecule has 4 heteroatoms. The molecule has 0 aliphatic carbocycles. The Morgan fingerprint density at radius 1 is 1.05 bits per heavy atom. The van der Waals surface area contributed by atoms with Crippen LogP contribution in [0, 0.1) is 5.82 Å². The first-order valence-corrected chi connectivity index (χ1v) is 7.54. The summed E-state index contributed by atoms with van der Waals surface area (Å²) in [7, 11) is 0. The van der Waals surface area contributed by atoms with Gasteiger partial charge in [0.25, 0.3) is 0 Å². The van der Waals surface area contributed by atoms with E-state index in [0.29, 0.717) is 11.6 Å². The largest absolute Gasteiger partial charge is 0.381 e. The molecule has 0 aromatic heterocycles. The number of anilines is 2. The molecule has 0 fully saturated rings. The Kier molecular flexibility index (Phi) is 5.45. The van der Waals surface area contributed by atoms with E-state index in [1.54, 1.807) is 6.07 Å². The van der Waals surface area contributed by atoms with Crippen molar-refractivity contribution in [3.8, 4) is 0 Å². The molecular formula is C17H20ClFN2. The number of nitrogens with one attached hydrogen (secondary N) is 1. The van der Waals surface area contributed by atoms with Crippen LogP contribution < -0.4 is 10.2 Å². The van der Waals surface area contributed by atoms with Crippen LogP contribution in [0.15, 0.2) is 42.5 Å². The lowest BCUT2D eigenvalue weighted by Crippen LogP contribution is -2.21. The summed E-state index contributed by atoms with van der Waals surface area (Å²) >= 11 is 6.01. The normalized spacial score (nSPS) is 10.5. The van der Waals surface area contributed by atoms with Gasteiger partial charge in [-0.1, -0.05) is 17.7 Å². The predicted octanol–water partition coefficient (Wildman–Crippen LogP) is 4.94. The van der Waals surface area contributed by atoms with E-state index in [4.69, 9.17) is 11.6 Å². The van der Waals surface area contributed by atoms with Gasteiger partial charge in [0.2, 0.25) is 0 Å². The zero-order valence-electron chi connectivity index (χ0n) is 12.4. The van der Waals surface area contributed by atoms with Gasteiger partial charge in [-0.15, -0.1) is 0 Å². The van der Waals surface area contributed by atoms with E-state index in [-0.39, 0.29) is 5.82 Å². The second-order valence-electron chi connectivity index (χ2n) is 4.81. The number of rotatable bonds is 6. The Bertz CT molecular complexity index is 580. The highest BCUT2D eigenvalue weighted by molar-refractivity contribution is 6.31. The number of halogens is 2. The van der Waals surface area contributed by atoms with Crippen LogP contribution in [0.1, 0.15) is 19.4 Å². The molecule has 0 saturated heterocycles. The van der Waals surface area contributed by atoms with Crippen LogP contribution >= 0.6 is 11.6 Å². The van der Waals surface area contributed by atoms with E-state index in [1.807, 2.05) is 12.1 Å². The van der Waals surface area contributed by atoms with E-state index < -0.39 is 0 Å². The summed E-state index contributed by atoms with van der Waals surface area (Å²) in [6, 6.07) is 12.8. The summed E-state index contributed by atoms with van der Waals surface area (Å²) in [5.74, 6) is -0.313. The maximum Gasteiger partial charge on any atom is 0.124 e. The predicted molar refractivity (Wildman–Crippen MR) is 88.7 cm³/mol. The molecule has 1 N–H and O–H groups in total. The topological polar surface area (TPSA) is 15.3 Å². The molecule has 0 saturated carbocycles. The van der Waals surface area contributed by atoms with Crippen LogP contribution in [0.25, 0.3) is 0 Å². The minimum Gasteiger partial charge on any atom is -0.381 e. The maximum atomic E-state index is 13.0. The molecule has 0 aliphatic heterocycles. The number of hydrogen-bond donors (Lipinski definition) is 1. The van der Waals surface area contributed by atoms with Gasteiger partial charge in [0.1, 0.15) is 5.82 Å². The summed E-state index contributed by atoms with van der Waals surface area (Å²) < 4.78 is 13.0. The SMILES string of the molecule is CCN(CC)c1ccc(NCc2ccc(F)cc2Cl)cc1. The second kappa shape index (κ2) is 7.32. The minimum absolute atomic E-state index is 0.313. The lowest BCUT2D eigenvalue weighted by atomic mass is 10.2. The molecule has 0 spiro atoms. The summed E-state index contributed by atoms with van der Waals surface area (Å²) in [5.41, 5.74) is 3.11. The molecule has 0 atom stereocenters. The van der Waals surface area contributed by atoms with Crippen molar-refractivity contribution in [2.75, 3.05) is 23.3 Å². The van der Waals surface area contributed by atoms with Gasteiger partial charge < -0.3 is 10.2 Å². The fourth-order valence-corrected chi connectivity index (χ4v) is 2.48. The smallest absolute Gasteiger partial charge is 0.124 e. The van der Waals surface area contributed by atoms with Crippen molar-refractivity contribution in [1.82, 2.24) is 0 Å². The fraction of sp³-hybridized carbons (Fsp3) is 0.294. The summed E-state index contributed by atoms with van der Waals surface area (Å²) in [5, 5.41) is 3.74. The van der Waals surface area contributed by atoms with Crippen molar-refractivity contribution < 1.29 is 4.39 Å². The highest BCUT2D eigenvalue weighted by Gasteiger charge is 2.03. The van der Waals surface area contributed by atoms with Crippen molar-refractivity contribution in [2.24, 2.45) is 0 Å². The molecule has 0 heterocycles. The van der Waals surface area contributed by atoms with E-state index in [0.717, 1.165) is 24.3 Å². The summed E-state index contributed by atoms with van der Waals surface area (Å²) in [6.45, 7) is 6.85. The molecule has 0 radical (unpaired) electrons. The molecule has 21 heavy (non-hydrogen) atoms. The third kappa shape index (κ3) is 4.11. The van der Waals surface area contributed by atoms with Gasteiger partial charge in [-0.25, -0.2) is 4.39 Å². The summed E-state index contributed by atoms with van der Waals surface area (Å²) in [6.07, 6.45) is 0. The van der Waals surface area contributed by atoms with Crippen molar-refractivity contribution in [3.63, 3.8) is 0 Å². The summed E-state index contributed by atoms with van der Waals surface area (Å²) in [4.78, 5) is 2.29. The van der Waals surface area contributed by atoms with Gasteiger partial charge in [-0.05, 0) is 55.8 Å². The van der Waals surface area contributed by atoms with E-state index in [2.05, 4.69) is 36.2 Å². The first kappa shape index (κ1) is 15.6. The van der Waals surface area contributed by atoms with Crippen molar-refractivity contribution >= 4 is 23.0 Å².